The second-order valence-corrected chi connectivity index (χ2v) is 5.19. The van der Waals surface area contributed by atoms with Crippen molar-refractivity contribution in [3.8, 4) is 0 Å². The molecule has 0 saturated carbocycles. The summed E-state index contributed by atoms with van der Waals surface area (Å²) in [5, 5.41) is 0. The topological polar surface area (TPSA) is 61.8 Å². The Hall–Kier alpha value is -1.10. The fourth-order valence-corrected chi connectivity index (χ4v) is 2.16. The van der Waals surface area contributed by atoms with Gasteiger partial charge >= 0.3 is 11.9 Å². The largest absolute Gasteiger partial charge is 0.469 e. The third kappa shape index (κ3) is 3.70. The number of methoxy groups -OCH3 is 1. The van der Waals surface area contributed by atoms with E-state index in [9.17, 15) is 9.59 Å². The molecular weight excluding hydrogens is 236 g/mol. The van der Waals surface area contributed by atoms with Crippen molar-refractivity contribution in [2.45, 2.75) is 52.2 Å². The molecule has 0 aliphatic carbocycles. The highest BCUT2D eigenvalue weighted by molar-refractivity contribution is 5.76. The third-order valence-electron chi connectivity index (χ3n) is 3.34. The van der Waals surface area contributed by atoms with Gasteiger partial charge < -0.3 is 14.2 Å². The van der Waals surface area contributed by atoms with Gasteiger partial charge in [0.15, 0.2) is 0 Å². The van der Waals surface area contributed by atoms with Gasteiger partial charge in [-0.25, -0.2) is 0 Å². The van der Waals surface area contributed by atoms with Gasteiger partial charge in [-0.3, -0.25) is 9.59 Å². The summed E-state index contributed by atoms with van der Waals surface area (Å²) in [5.74, 6) is -0.589. The molecule has 0 N–H and O–H groups in total. The molecule has 0 amide bonds. The van der Waals surface area contributed by atoms with Crippen molar-refractivity contribution >= 4 is 11.9 Å². The van der Waals surface area contributed by atoms with Crippen molar-refractivity contribution in [1.29, 1.82) is 0 Å². The van der Waals surface area contributed by atoms with Gasteiger partial charge in [-0.1, -0.05) is 0 Å². The summed E-state index contributed by atoms with van der Waals surface area (Å²) in [6.45, 7) is 5.26. The first-order chi connectivity index (χ1) is 8.37. The van der Waals surface area contributed by atoms with Crippen molar-refractivity contribution in [1.82, 2.24) is 0 Å². The molecule has 1 aliphatic heterocycles. The Balaban J connectivity index is 2.57. The van der Waals surface area contributed by atoms with Crippen LogP contribution in [-0.4, -0.2) is 37.9 Å². The quantitative estimate of drug-likeness (QED) is 0.718. The zero-order chi connectivity index (χ0) is 13.8. The standard InChI is InChI=1S/C13H22O5/c1-9(14)17-8-10-6-5-7-11(18-10)13(2,3)12(15)16-4/h10-11H,5-8H2,1-4H3/t10-,11-/m1/s1. The summed E-state index contributed by atoms with van der Waals surface area (Å²) in [6.07, 6.45) is 2.30. The molecule has 0 unspecified atom stereocenters. The minimum Gasteiger partial charge on any atom is -0.469 e. The van der Waals surface area contributed by atoms with Crippen LogP contribution in [0, 0.1) is 5.41 Å². The number of hydrogen-bond acceptors (Lipinski definition) is 5. The second-order valence-electron chi connectivity index (χ2n) is 5.19. The average Bonchev–Trinajstić information content (AvgIpc) is 2.35. The fraction of sp³-hybridized carbons (Fsp3) is 0.846. The predicted molar refractivity (Wildman–Crippen MR) is 64.9 cm³/mol. The van der Waals surface area contributed by atoms with E-state index in [4.69, 9.17) is 14.2 Å². The van der Waals surface area contributed by atoms with Gasteiger partial charge in [-0.05, 0) is 33.1 Å². The summed E-state index contributed by atoms with van der Waals surface area (Å²) in [7, 11) is 1.38. The van der Waals surface area contributed by atoms with E-state index in [1.165, 1.54) is 14.0 Å². The number of carbonyl (C=O) groups is 2. The lowest BCUT2D eigenvalue weighted by atomic mass is 9.82. The highest BCUT2D eigenvalue weighted by Crippen LogP contribution is 2.33. The summed E-state index contributed by atoms with van der Waals surface area (Å²) in [4.78, 5) is 22.5. The van der Waals surface area contributed by atoms with E-state index in [0.29, 0.717) is 0 Å². The molecule has 5 heteroatoms. The SMILES string of the molecule is COC(=O)C(C)(C)[C@H]1CCC[C@H](COC(C)=O)O1. The average molecular weight is 258 g/mol. The van der Waals surface area contributed by atoms with Crippen molar-refractivity contribution in [3.05, 3.63) is 0 Å². The molecule has 1 saturated heterocycles. The lowest BCUT2D eigenvalue weighted by molar-refractivity contribution is -0.175. The minimum absolute atomic E-state index is 0.128. The zero-order valence-corrected chi connectivity index (χ0v) is 11.5. The Morgan fingerprint density at radius 3 is 2.56 bits per heavy atom. The van der Waals surface area contributed by atoms with Gasteiger partial charge in [-0.15, -0.1) is 0 Å². The van der Waals surface area contributed by atoms with Gasteiger partial charge in [0.25, 0.3) is 0 Å². The van der Waals surface area contributed by atoms with Crippen LogP contribution in [0.25, 0.3) is 0 Å². The molecule has 1 fully saturated rings. The van der Waals surface area contributed by atoms with E-state index in [-0.39, 0.29) is 30.8 Å². The molecule has 0 aromatic rings. The summed E-state index contributed by atoms with van der Waals surface area (Å²) in [6, 6.07) is 0. The van der Waals surface area contributed by atoms with Crippen LogP contribution >= 0.6 is 0 Å². The molecule has 0 radical (unpaired) electrons. The normalized spacial score (nSPS) is 24.4. The predicted octanol–water partition coefficient (Wildman–Crippen LogP) is 1.69. The van der Waals surface area contributed by atoms with Gasteiger partial charge in [0, 0.05) is 6.92 Å². The van der Waals surface area contributed by atoms with Crippen LogP contribution in [-0.2, 0) is 23.8 Å². The van der Waals surface area contributed by atoms with Gasteiger partial charge in [-0.2, -0.15) is 0 Å². The lowest BCUT2D eigenvalue weighted by Crippen LogP contribution is -2.45. The summed E-state index contributed by atoms with van der Waals surface area (Å²) < 4.78 is 15.6. The highest BCUT2D eigenvalue weighted by atomic mass is 16.6. The van der Waals surface area contributed by atoms with Gasteiger partial charge in [0.2, 0.25) is 0 Å². The molecule has 104 valence electrons. The third-order valence-corrected chi connectivity index (χ3v) is 3.34. The minimum atomic E-state index is -0.677. The highest BCUT2D eigenvalue weighted by Gasteiger charge is 2.41. The van der Waals surface area contributed by atoms with E-state index in [1.54, 1.807) is 0 Å². The van der Waals surface area contributed by atoms with E-state index in [0.717, 1.165) is 19.3 Å². The maximum absolute atomic E-state index is 11.7. The smallest absolute Gasteiger partial charge is 0.313 e. The van der Waals surface area contributed by atoms with E-state index in [2.05, 4.69) is 0 Å². The van der Waals surface area contributed by atoms with E-state index >= 15 is 0 Å². The molecular formula is C13H22O5. The van der Waals surface area contributed by atoms with Crippen molar-refractivity contribution < 1.29 is 23.8 Å². The van der Waals surface area contributed by atoms with Crippen LogP contribution in [0.2, 0.25) is 0 Å². The number of rotatable bonds is 4. The summed E-state index contributed by atoms with van der Waals surface area (Å²) in [5.41, 5.74) is -0.677. The van der Waals surface area contributed by atoms with Gasteiger partial charge in [0.05, 0.1) is 24.7 Å². The van der Waals surface area contributed by atoms with Crippen LogP contribution in [0.15, 0.2) is 0 Å². The Bertz CT molecular complexity index is 311. The second kappa shape index (κ2) is 6.18. The molecule has 1 heterocycles. The Morgan fingerprint density at radius 2 is 2.00 bits per heavy atom. The summed E-state index contributed by atoms with van der Waals surface area (Å²) >= 11 is 0. The van der Waals surface area contributed by atoms with Crippen molar-refractivity contribution in [3.63, 3.8) is 0 Å². The Kier molecular flexibility index (Phi) is 5.14. The van der Waals surface area contributed by atoms with Crippen LogP contribution in [0.3, 0.4) is 0 Å². The van der Waals surface area contributed by atoms with Crippen LogP contribution in [0.1, 0.15) is 40.0 Å². The molecule has 18 heavy (non-hydrogen) atoms. The number of hydrogen-bond donors (Lipinski definition) is 0. The Labute approximate surface area is 108 Å². The number of esters is 2. The molecule has 1 rings (SSSR count). The Morgan fingerprint density at radius 1 is 1.33 bits per heavy atom. The molecule has 5 nitrogen and oxygen atoms in total. The zero-order valence-electron chi connectivity index (χ0n) is 11.5. The first-order valence-electron chi connectivity index (χ1n) is 6.25. The van der Waals surface area contributed by atoms with Crippen LogP contribution in [0.4, 0.5) is 0 Å². The van der Waals surface area contributed by atoms with Crippen molar-refractivity contribution in [2.75, 3.05) is 13.7 Å². The monoisotopic (exact) mass is 258 g/mol. The lowest BCUT2D eigenvalue weighted by Gasteiger charge is -2.37. The van der Waals surface area contributed by atoms with Crippen molar-refractivity contribution in [2.24, 2.45) is 5.41 Å². The van der Waals surface area contributed by atoms with Gasteiger partial charge in [0.1, 0.15) is 6.61 Å². The van der Waals surface area contributed by atoms with Crippen LogP contribution in [0.5, 0.6) is 0 Å². The number of ether oxygens (including phenoxy) is 3. The van der Waals surface area contributed by atoms with E-state index < -0.39 is 5.41 Å². The molecule has 0 bridgehead atoms. The maximum Gasteiger partial charge on any atom is 0.313 e. The first kappa shape index (κ1) is 15.0. The van der Waals surface area contributed by atoms with Crippen LogP contribution < -0.4 is 0 Å². The molecule has 0 spiro atoms. The number of carbonyl (C=O) groups excluding carboxylic acids is 2. The first-order valence-corrected chi connectivity index (χ1v) is 6.25. The molecule has 0 aromatic heterocycles. The molecule has 1 aliphatic rings. The molecule has 2 atom stereocenters. The fourth-order valence-electron chi connectivity index (χ4n) is 2.16. The maximum atomic E-state index is 11.7. The van der Waals surface area contributed by atoms with E-state index in [1.807, 2.05) is 13.8 Å². The molecule has 0 aromatic carbocycles.